The standard InChI is InChI=1S/C24H25N3O8/c1-13-3-4-15(7-14(13)2)23-24(22(33)21-17(30)8-16(29)9-18(21)35-23)34-12-25-10-19(31)27-11-20(32)26-5-6-28/h3-4,6-9,25,29-30H,5,10-12H2,1-2H3,(H,26,32)(H,27,31). The van der Waals surface area contributed by atoms with Gasteiger partial charge < -0.3 is 34.8 Å². The van der Waals surface area contributed by atoms with E-state index in [1.807, 2.05) is 26.0 Å². The molecular weight excluding hydrogens is 458 g/mol. The van der Waals surface area contributed by atoms with Crippen LogP contribution in [0.15, 0.2) is 39.5 Å². The highest BCUT2D eigenvalue weighted by Crippen LogP contribution is 2.36. The molecule has 0 spiro atoms. The van der Waals surface area contributed by atoms with E-state index in [9.17, 15) is 29.4 Å². The second kappa shape index (κ2) is 11.2. The number of aryl methyl sites for hydroxylation is 2. The Morgan fingerprint density at radius 1 is 1.03 bits per heavy atom. The zero-order chi connectivity index (χ0) is 25.5. The number of amides is 2. The number of phenolic OH excluding ortho intramolecular Hbond substituents is 2. The molecule has 11 heteroatoms. The fourth-order valence-corrected chi connectivity index (χ4v) is 3.22. The first-order valence-electron chi connectivity index (χ1n) is 10.6. The fraction of sp³-hybridized carbons (Fsp3) is 0.250. The molecule has 0 saturated carbocycles. The van der Waals surface area contributed by atoms with Crippen LogP contribution in [-0.2, 0) is 14.4 Å². The molecular formula is C24H25N3O8. The summed E-state index contributed by atoms with van der Waals surface area (Å²) in [5.41, 5.74) is 1.84. The third-order valence-corrected chi connectivity index (χ3v) is 5.12. The van der Waals surface area contributed by atoms with Crippen molar-refractivity contribution in [2.24, 2.45) is 0 Å². The van der Waals surface area contributed by atoms with Crippen LogP contribution in [0.3, 0.4) is 0 Å². The number of fused-ring (bicyclic) bond motifs is 1. The fourth-order valence-electron chi connectivity index (χ4n) is 3.22. The van der Waals surface area contributed by atoms with Crippen molar-refractivity contribution in [3.05, 3.63) is 51.7 Å². The number of benzene rings is 2. The van der Waals surface area contributed by atoms with Gasteiger partial charge in [0, 0.05) is 17.7 Å². The van der Waals surface area contributed by atoms with Crippen LogP contribution in [0.5, 0.6) is 17.2 Å². The monoisotopic (exact) mass is 483 g/mol. The van der Waals surface area contributed by atoms with Gasteiger partial charge >= 0.3 is 0 Å². The van der Waals surface area contributed by atoms with Gasteiger partial charge in [-0.1, -0.05) is 12.1 Å². The van der Waals surface area contributed by atoms with Crippen molar-refractivity contribution in [2.75, 3.05) is 26.4 Å². The van der Waals surface area contributed by atoms with Crippen LogP contribution >= 0.6 is 0 Å². The third-order valence-electron chi connectivity index (χ3n) is 5.12. The largest absolute Gasteiger partial charge is 0.508 e. The van der Waals surface area contributed by atoms with E-state index in [0.717, 1.165) is 17.2 Å². The quantitative estimate of drug-likeness (QED) is 0.159. The Hall–Kier alpha value is -4.38. The molecule has 2 amide bonds. The predicted molar refractivity (Wildman–Crippen MR) is 126 cm³/mol. The molecule has 0 bridgehead atoms. The molecule has 0 aliphatic heterocycles. The molecule has 1 aromatic heterocycles. The minimum atomic E-state index is -0.657. The van der Waals surface area contributed by atoms with Gasteiger partial charge in [-0.25, -0.2) is 0 Å². The second-order valence-electron chi connectivity index (χ2n) is 7.69. The van der Waals surface area contributed by atoms with Gasteiger partial charge in [-0.3, -0.25) is 19.7 Å². The molecule has 0 fully saturated rings. The van der Waals surface area contributed by atoms with Gasteiger partial charge in [-0.05, 0) is 31.0 Å². The van der Waals surface area contributed by atoms with Gasteiger partial charge in [-0.2, -0.15) is 0 Å². The smallest absolute Gasteiger partial charge is 0.239 e. The summed E-state index contributed by atoms with van der Waals surface area (Å²) in [5, 5.41) is 27.2. The predicted octanol–water partition coefficient (Wildman–Crippen LogP) is 0.845. The van der Waals surface area contributed by atoms with Crippen LogP contribution in [-0.4, -0.2) is 54.7 Å². The third kappa shape index (κ3) is 6.15. The van der Waals surface area contributed by atoms with E-state index in [2.05, 4.69) is 16.0 Å². The Bertz CT molecular complexity index is 1330. The normalized spacial score (nSPS) is 10.7. The number of aromatic hydroxyl groups is 2. The summed E-state index contributed by atoms with van der Waals surface area (Å²) in [4.78, 5) is 46.7. The van der Waals surface area contributed by atoms with Crippen LogP contribution in [0.4, 0.5) is 0 Å². The highest BCUT2D eigenvalue weighted by Gasteiger charge is 2.21. The molecule has 3 aromatic rings. The van der Waals surface area contributed by atoms with Gasteiger partial charge in [0.05, 0.1) is 19.6 Å². The Labute approximate surface area is 199 Å². The summed E-state index contributed by atoms with van der Waals surface area (Å²) >= 11 is 0. The number of hydrogen-bond acceptors (Lipinski definition) is 9. The molecule has 0 atom stereocenters. The van der Waals surface area contributed by atoms with Gasteiger partial charge in [0.2, 0.25) is 23.0 Å². The maximum Gasteiger partial charge on any atom is 0.239 e. The molecule has 0 aliphatic rings. The Morgan fingerprint density at radius 2 is 1.77 bits per heavy atom. The summed E-state index contributed by atoms with van der Waals surface area (Å²) in [6, 6.07) is 7.65. The molecule has 1 heterocycles. The number of aldehydes is 1. The number of nitrogens with one attached hydrogen (secondary N) is 3. The number of hydrogen-bond donors (Lipinski definition) is 5. The number of phenols is 2. The summed E-state index contributed by atoms with van der Waals surface area (Å²) in [6.07, 6.45) is 0.524. The van der Waals surface area contributed by atoms with E-state index in [1.165, 1.54) is 6.07 Å². The van der Waals surface area contributed by atoms with Crippen molar-refractivity contribution in [2.45, 2.75) is 13.8 Å². The van der Waals surface area contributed by atoms with Crippen molar-refractivity contribution in [1.82, 2.24) is 16.0 Å². The molecule has 5 N–H and O–H groups in total. The van der Waals surface area contributed by atoms with Crippen LogP contribution in [0, 0.1) is 13.8 Å². The summed E-state index contributed by atoms with van der Waals surface area (Å²) in [6.45, 7) is 2.90. The zero-order valence-electron chi connectivity index (χ0n) is 19.1. The number of carbonyl (C=O) groups is 3. The Balaban J connectivity index is 1.80. The average Bonchev–Trinajstić information content (AvgIpc) is 2.81. The molecule has 2 aromatic carbocycles. The van der Waals surface area contributed by atoms with E-state index >= 15 is 0 Å². The van der Waals surface area contributed by atoms with E-state index < -0.39 is 23.0 Å². The van der Waals surface area contributed by atoms with Gasteiger partial charge in [0.25, 0.3) is 0 Å². The van der Waals surface area contributed by atoms with Crippen LogP contribution in [0.25, 0.3) is 22.3 Å². The first-order chi connectivity index (χ1) is 16.7. The Morgan fingerprint density at radius 3 is 2.49 bits per heavy atom. The SMILES string of the molecule is Cc1ccc(-c2oc3cc(O)cc(O)c3c(=O)c2OCNCC(=O)NCC(=O)NCC=O)cc1C. The lowest BCUT2D eigenvalue weighted by Gasteiger charge is -2.14. The lowest BCUT2D eigenvalue weighted by atomic mass is 10.0. The van der Waals surface area contributed by atoms with Gasteiger partial charge in [0.1, 0.15) is 35.5 Å². The summed E-state index contributed by atoms with van der Waals surface area (Å²) in [7, 11) is 0. The zero-order valence-corrected chi connectivity index (χ0v) is 19.1. The number of carbonyl (C=O) groups excluding carboxylic acids is 3. The molecule has 3 rings (SSSR count). The van der Waals surface area contributed by atoms with Crippen molar-refractivity contribution in [3.8, 4) is 28.6 Å². The molecule has 0 unspecified atom stereocenters. The van der Waals surface area contributed by atoms with Crippen LogP contribution in [0.2, 0.25) is 0 Å². The molecule has 0 aliphatic carbocycles. The average molecular weight is 483 g/mol. The maximum absolute atomic E-state index is 13.2. The molecule has 11 nitrogen and oxygen atoms in total. The number of ether oxygens (including phenoxy) is 1. The maximum atomic E-state index is 13.2. The topological polar surface area (TPSA) is 167 Å². The second-order valence-corrected chi connectivity index (χ2v) is 7.69. The minimum Gasteiger partial charge on any atom is -0.508 e. The molecule has 35 heavy (non-hydrogen) atoms. The van der Waals surface area contributed by atoms with Crippen molar-refractivity contribution in [1.29, 1.82) is 0 Å². The minimum absolute atomic E-state index is 0.0201. The lowest BCUT2D eigenvalue weighted by Crippen LogP contribution is -2.41. The van der Waals surface area contributed by atoms with Crippen LogP contribution in [0.1, 0.15) is 11.1 Å². The summed E-state index contributed by atoms with van der Waals surface area (Å²) in [5.74, 6) is -1.87. The van der Waals surface area contributed by atoms with Gasteiger partial charge in [-0.15, -0.1) is 0 Å². The highest BCUT2D eigenvalue weighted by atomic mass is 16.5. The van der Waals surface area contributed by atoms with Crippen molar-refractivity contribution >= 4 is 29.1 Å². The molecule has 0 radical (unpaired) electrons. The first-order valence-corrected chi connectivity index (χ1v) is 10.6. The summed E-state index contributed by atoms with van der Waals surface area (Å²) < 4.78 is 11.5. The molecule has 0 saturated heterocycles. The van der Waals surface area contributed by atoms with E-state index in [1.54, 1.807) is 6.07 Å². The number of rotatable bonds is 10. The van der Waals surface area contributed by atoms with E-state index in [4.69, 9.17) is 9.15 Å². The molecule has 184 valence electrons. The highest BCUT2D eigenvalue weighted by molar-refractivity contribution is 5.88. The van der Waals surface area contributed by atoms with Crippen molar-refractivity contribution < 1.29 is 33.8 Å². The first kappa shape index (κ1) is 25.2. The van der Waals surface area contributed by atoms with Crippen LogP contribution < -0.4 is 26.1 Å². The Kier molecular flexibility index (Phi) is 8.05. The lowest BCUT2D eigenvalue weighted by molar-refractivity contribution is -0.126. The van der Waals surface area contributed by atoms with E-state index in [0.29, 0.717) is 11.8 Å². The van der Waals surface area contributed by atoms with E-state index in [-0.39, 0.29) is 54.6 Å². The van der Waals surface area contributed by atoms with Gasteiger partial charge in [0.15, 0.2) is 5.76 Å². The van der Waals surface area contributed by atoms with Crippen molar-refractivity contribution in [3.63, 3.8) is 0 Å².